The molecule has 0 atom stereocenters. The van der Waals surface area contributed by atoms with Gasteiger partial charge in [0.25, 0.3) is 11.5 Å². The number of carbonyl (C=O) groups excluding carboxylic acids is 1. The van der Waals surface area contributed by atoms with Crippen molar-refractivity contribution in [3.8, 4) is 11.5 Å². The molecule has 0 saturated carbocycles. The summed E-state index contributed by atoms with van der Waals surface area (Å²) >= 11 is 0. The Morgan fingerprint density at radius 2 is 2.07 bits per heavy atom. The van der Waals surface area contributed by atoms with Gasteiger partial charge in [0.1, 0.15) is 0 Å². The fourth-order valence-corrected chi connectivity index (χ4v) is 2.06. The summed E-state index contributed by atoms with van der Waals surface area (Å²) in [5, 5.41) is 4.06. The monoisotopic (exact) mass is 373 g/mol. The van der Waals surface area contributed by atoms with Crippen molar-refractivity contribution in [3.63, 3.8) is 0 Å². The van der Waals surface area contributed by atoms with Crippen LogP contribution in [0.15, 0.2) is 34.2 Å². The Balaban J connectivity index is 2.09. The number of anilines is 1. The van der Waals surface area contributed by atoms with Crippen molar-refractivity contribution in [1.82, 2.24) is 14.9 Å². The number of hydrogen-bond donors (Lipinski definition) is 2. The number of aromatic amines is 1. The van der Waals surface area contributed by atoms with E-state index in [9.17, 15) is 9.59 Å². The first-order chi connectivity index (χ1) is 12.9. The van der Waals surface area contributed by atoms with E-state index in [-0.39, 0.29) is 24.0 Å². The number of hydrazone groups is 1. The number of nitrogens with one attached hydrogen (secondary N) is 2. The second-order valence-electron chi connectivity index (χ2n) is 5.82. The van der Waals surface area contributed by atoms with Gasteiger partial charge in [-0.3, -0.25) is 14.6 Å². The van der Waals surface area contributed by atoms with Crippen LogP contribution in [0.5, 0.6) is 11.5 Å². The minimum absolute atomic E-state index is 0.0749. The molecule has 0 fully saturated rings. The Bertz CT molecular complexity index is 876. The van der Waals surface area contributed by atoms with Crippen molar-refractivity contribution in [1.29, 1.82) is 0 Å². The van der Waals surface area contributed by atoms with E-state index in [2.05, 4.69) is 20.5 Å². The highest BCUT2D eigenvalue weighted by molar-refractivity contribution is 5.81. The summed E-state index contributed by atoms with van der Waals surface area (Å²) in [5.41, 5.74) is 3.75. The second kappa shape index (κ2) is 9.37. The fourth-order valence-electron chi connectivity index (χ4n) is 2.06. The van der Waals surface area contributed by atoms with Gasteiger partial charge >= 0.3 is 0 Å². The normalized spacial score (nSPS) is 10.7. The number of rotatable bonds is 8. The minimum atomic E-state index is -0.257. The quantitative estimate of drug-likeness (QED) is 0.535. The molecule has 1 aromatic carbocycles. The van der Waals surface area contributed by atoms with Crippen LogP contribution in [-0.2, 0) is 4.79 Å². The molecule has 0 aliphatic heterocycles. The number of carbonyl (C=O) groups is 1. The van der Waals surface area contributed by atoms with E-state index in [1.165, 1.54) is 11.0 Å². The van der Waals surface area contributed by atoms with E-state index >= 15 is 0 Å². The van der Waals surface area contributed by atoms with Crippen LogP contribution in [0.3, 0.4) is 0 Å². The molecule has 1 aromatic heterocycles. The lowest BCUT2D eigenvalue weighted by atomic mass is 10.2. The van der Waals surface area contributed by atoms with Crippen molar-refractivity contribution in [2.45, 2.75) is 13.8 Å². The highest BCUT2D eigenvalue weighted by Gasteiger charge is 2.10. The highest BCUT2D eigenvalue weighted by Crippen LogP contribution is 2.28. The summed E-state index contributed by atoms with van der Waals surface area (Å²) in [6.07, 6.45) is 1.56. The molecule has 2 rings (SSSR count). The Labute approximate surface area is 157 Å². The molecule has 0 bridgehead atoms. The van der Waals surface area contributed by atoms with Crippen LogP contribution in [0.1, 0.15) is 18.2 Å². The summed E-state index contributed by atoms with van der Waals surface area (Å²) in [6, 6.07) is 6.62. The lowest BCUT2D eigenvalue weighted by Gasteiger charge is -2.14. The SMILES string of the molecule is CCOc1cc(/C=N\Nc2nc(C)cc(=O)[nH]2)ccc1OCC(=O)N(C)C. The van der Waals surface area contributed by atoms with Crippen LogP contribution in [0.25, 0.3) is 0 Å². The van der Waals surface area contributed by atoms with Crippen LogP contribution in [0.2, 0.25) is 0 Å². The number of ether oxygens (including phenoxy) is 2. The first kappa shape index (κ1) is 20.0. The number of hydrogen-bond acceptors (Lipinski definition) is 7. The molecule has 9 heteroatoms. The zero-order valence-corrected chi connectivity index (χ0v) is 15.8. The highest BCUT2D eigenvalue weighted by atomic mass is 16.5. The number of nitrogens with zero attached hydrogens (tertiary/aromatic N) is 3. The van der Waals surface area contributed by atoms with Gasteiger partial charge < -0.3 is 14.4 Å². The Kier molecular flexibility index (Phi) is 6.93. The predicted octanol–water partition coefficient (Wildman–Crippen LogP) is 1.39. The average Bonchev–Trinajstić information content (AvgIpc) is 2.60. The van der Waals surface area contributed by atoms with Crippen LogP contribution in [0.4, 0.5) is 5.95 Å². The first-order valence-corrected chi connectivity index (χ1v) is 8.36. The molecule has 1 heterocycles. The zero-order valence-electron chi connectivity index (χ0n) is 15.8. The van der Waals surface area contributed by atoms with Gasteiger partial charge in [-0.25, -0.2) is 10.4 Å². The molecule has 144 valence electrons. The van der Waals surface area contributed by atoms with Gasteiger partial charge in [0.05, 0.1) is 12.8 Å². The van der Waals surface area contributed by atoms with Gasteiger partial charge in [-0.1, -0.05) is 0 Å². The zero-order chi connectivity index (χ0) is 19.8. The lowest BCUT2D eigenvalue weighted by Crippen LogP contribution is -2.27. The average molecular weight is 373 g/mol. The summed E-state index contributed by atoms with van der Waals surface area (Å²) in [7, 11) is 3.33. The van der Waals surface area contributed by atoms with Crippen molar-refractivity contribution in [2.75, 3.05) is 32.7 Å². The van der Waals surface area contributed by atoms with Crippen LogP contribution in [-0.4, -0.2) is 54.3 Å². The van der Waals surface area contributed by atoms with Crippen molar-refractivity contribution in [2.24, 2.45) is 5.10 Å². The van der Waals surface area contributed by atoms with Gasteiger partial charge in [-0.2, -0.15) is 5.10 Å². The Morgan fingerprint density at radius 1 is 1.30 bits per heavy atom. The van der Waals surface area contributed by atoms with Gasteiger partial charge in [0.2, 0.25) is 5.95 Å². The molecule has 2 aromatic rings. The molecule has 1 amide bonds. The number of H-pyrrole nitrogens is 1. The fraction of sp³-hybridized carbons (Fsp3) is 0.333. The number of amides is 1. The summed E-state index contributed by atoms with van der Waals surface area (Å²) in [6.45, 7) is 3.95. The molecule has 0 spiro atoms. The largest absolute Gasteiger partial charge is 0.490 e. The summed E-state index contributed by atoms with van der Waals surface area (Å²) in [5.74, 6) is 1.09. The Morgan fingerprint density at radius 3 is 2.74 bits per heavy atom. The molecule has 27 heavy (non-hydrogen) atoms. The first-order valence-electron chi connectivity index (χ1n) is 8.36. The van der Waals surface area contributed by atoms with Crippen molar-refractivity contribution < 1.29 is 14.3 Å². The third-order valence-corrected chi connectivity index (χ3v) is 3.37. The van der Waals surface area contributed by atoms with Crippen LogP contribution in [0, 0.1) is 6.92 Å². The maximum atomic E-state index is 11.7. The van der Waals surface area contributed by atoms with E-state index in [0.717, 1.165) is 5.56 Å². The standard InChI is InChI=1S/C18H23N5O4/c1-5-26-15-9-13(6-7-14(15)27-11-17(25)23(3)4)10-19-22-18-20-12(2)8-16(24)21-18/h6-10H,5,11H2,1-4H3,(H2,20,21,22,24)/b19-10-. The topological polar surface area (TPSA) is 109 Å². The van der Waals surface area contributed by atoms with Gasteiger partial charge in [0.15, 0.2) is 18.1 Å². The molecule has 0 aliphatic rings. The molecular formula is C18H23N5O4. The summed E-state index contributed by atoms with van der Waals surface area (Å²) in [4.78, 5) is 31.2. The van der Waals surface area contributed by atoms with Gasteiger partial charge in [0, 0.05) is 25.9 Å². The maximum absolute atomic E-state index is 11.7. The van der Waals surface area contributed by atoms with Gasteiger partial charge in [-0.15, -0.1) is 0 Å². The summed E-state index contributed by atoms with van der Waals surface area (Å²) < 4.78 is 11.1. The number of likely N-dealkylation sites (N-methyl/N-ethyl adjacent to an activating group) is 1. The smallest absolute Gasteiger partial charge is 0.259 e. The number of aryl methyl sites for hydroxylation is 1. The molecule has 9 nitrogen and oxygen atoms in total. The third kappa shape index (κ3) is 6.14. The van der Waals surface area contributed by atoms with E-state index < -0.39 is 0 Å². The van der Waals surface area contributed by atoms with Crippen LogP contribution >= 0.6 is 0 Å². The number of aromatic nitrogens is 2. The lowest BCUT2D eigenvalue weighted by molar-refractivity contribution is -0.130. The van der Waals surface area contributed by atoms with E-state index in [1.54, 1.807) is 45.4 Å². The van der Waals surface area contributed by atoms with E-state index in [4.69, 9.17) is 9.47 Å². The predicted molar refractivity (Wildman–Crippen MR) is 103 cm³/mol. The van der Waals surface area contributed by atoms with Crippen LogP contribution < -0.4 is 20.5 Å². The third-order valence-electron chi connectivity index (χ3n) is 3.37. The molecule has 0 radical (unpaired) electrons. The molecule has 0 saturated heterocycles. The Hall–Kier alpha value is -3.36. The van der Waals surface area contributed by atoms with E-state index in [1.807, 2.05) is 6.92 Å². The molecular weight excluding hydrogens is 350 g/mol. The molecule has 0 aliphatic carbocycles. The van der Waals surface area contributed by atoms with Crippen molar-refractivity contribution in [3.05, 3.63) is 45.9 Å². The van der Waals surface area contributed by atoms with E-state index in [0.29, 0.717) is 23.8 Å². The minimum Gasteiger partial charge on any atom is -0.490 e. The second-order valence-corrected chi connectivity index (χ2v) is 5.82. The maximum Gasteiger partial charge on any atom is 0.259 e. The van der Waals surface area contributed by atoms with Crippen molar-refractivity contribution >= 4 is 18.1 Å². The number of benzene rings is 1. The molecule has 2 N–H and O–H groups in total. The molecule has 0 unspecified atom stereocenters. The van der Waals surface area contributed by atoms with Gasteiger partial charge in [-0.05, 0) is 37.6 Å².